The van der Waals surface area contributed by atoms with E-state index in [2.05, 4.69) is 34.0 Å². The standard InChI is InChI=1S/C12H21ClN4/c1-4-6-8-17(3)11-10(13)9-15-12(16-11)14-7-5-2/h9H,4-8H2,1-3H3,(H,14,15,16). The van der Waals surface area contributed by atoms with Crippen molar-refractivity contribution >= 4 is 23.4 Å². The molecule has 1 N–H and O–H groups in total. The number of nitrogens with one attached hydrogen (secondary N) is 1. The van der Waals surface area contributed by atoms with Crippen molar-refractivity contribution in [1.29, 1.82) is 0 Å². The number of halogens is 1. The van der Waals surface area contributed by atoms with E-state index < -0.39 is 0 Å². The van der Waals surface area contributed by atoms with Crippen LogP contribution >= 0.6 is 11.6 Å². The number of unbranched alkanes of at least 4 members (excludes halogenated alkanes) is 1. The van der Waals surface area contributed by atoms with E-state index in [-0.39, 0.29) is 0 Å². The minimum atomic E-state index is 0.602. The van der Waals surface area contributed by atoms with E-state index in [1.54, 1.807) is 6.20 Å². The molecule has 0 aliphatic carbocycles. The molecule has 0 saturated heterocycles. The van der Waals surface area contributed by atoms with Crippen molar-refractivity contribution in [3.05, 3.63) is 11.2 Å². The summed E-state index contributed by atoms with van der Waals surface area (Å²) < 4.78 is 0. The third kappa shape index (κ3) is 4.38. The normalized spacial score (nSPS) is 10.4. The summed E-state index contributed by atoms with van der Waals surface area (Å²) in [5.41, 5.74) is 0. The minimum Gasteiger partial charge on any atom is -0.358 e. The largest absolute Gasteiger partial charge is 0.358 e. The van der Waals surface area contributed by atoms with E-state index in [4.69, 9.17) is 11.6 Å². The Bertz CT molecular complexity index is 343. The van der Waals surface area contributed by atoms with Crippen LogP contribution in [-0.4, -0.2) is 30.1 Å². The fourth-order valence-electron chi connectivity index (χ4n) is 1.45. The average molecular weight is 257 g/mol. The highest BCUT2D eigenvalue weighted by Crippen LogP contribution is 2.22. The summed E-state index contributed by atoms with van der Waals surface area (Å²) in [6, 6.07) is 0. The SMILES string of the molecule is CCCCN(C)c1nc(NCCC)ncc1Cl. The van der Waals surface area contributed by atoms with E-state index in [9.17, 15) is 0 Å². The Labute approximate surface area is 108 Å². The van der Waals surface area contributed by atoms with Gasteiger partial charge in [0.2, 0.25) is 5.95 Å². The lowest BCUT2D eigenvalue weighted by Gasteiger charge is -2.19. The minimum absolute atomic E-state index is 0.602. The van der Waals surface area contributed by atoms with E-state index in [1.807, 2.05) is 7.05 Å². The highest BCUT2D eigenvalue weighted by atomic mass is 35.5. The molecule has 1 aromatic rings. The van der Waals surface area contributed by atoms with Gasteiger partial charge in [-0.15, -0.1) is 0 Å². The Morgan fingerprint density at radius 1 is 1.35 bits per heavy atom. The number of aromatic nitrogens is 2. The first-order valence-corrected chi connectivity index (χ1v) is 6.54. The van der Waals surface area contributed by atoms with Gasteiger partial charge in [-0.1, -0.05) is 31.9 Å². The fraction of sp³-hybridized carbons (Fsp3) is 0.667. The summed E-state index contributed by atoms with van der Waals surface area (Å²) in [5, 5.41) is 3.77. The Balaban J connectivity index is 2.74. The van der Waals surface area contributed by atoms with Crippen molar-refractivity contribution in [3.8, 4) is 0 Å². The predicted molar refractivity (Wildman–Crippen MR) is 74.0 cm³/mol. The second kappa shape index (κ2) is 7.33. The third-order valence-electron chi connectivity index (χ3n) is 2.47. The molecule has 0 aliphatic heterocycles. The van der Waals surface area contributed by atoms with Crippen LogP contribution in [0.5, 0.6) is 0 Å². The summed E-state index contributed by atoms with van der Waals surface area (Å²) in [6.45, 7) is 6.11. The van der Waals surface area contributed by atoms with Gasteiger partial charge in [0.15, 0.2) is 5.82 Å². The van der Waals surface area contributed by atoms with Crippen molar-refractivity contribution in [1.82, 2.24) is 9.97 Å². The Morgan fingerprint density at radius 2 is 2.12 bits per heavy atom. The monoisotopic (exact) mass is 256 g/mol. The van der Waals surface area contributed by atoms with Gasteiger partial charge < -0.3 is 10.2 Å². The molecule has 0 spiro atoms. The average Bonchev–Trinajstić information content (AvgIpc) is 2.35. The Kier molecular flexibility index (Phi) is 6.05. The molecule has 17 heavy (non-hydrogen) atoms. The molecule has 5 heteroatoms. The summed E-state index contributed by atoms with van der Waals surface area (Å²) >= 11 is 6.11. The lowest BCUT2D eigenvalue weighted by Crippen LogP contribution is -2.20. The van der Waals surface area contributed by atoms with Gasteiger partial charge in [-0.3, -0.25) is 0 Å². The Hall–Kier alpha value is -1.03. The van der Waals surface area contributed by atoms with Crippen molar-refractivity contribution in [2.75, 3.05) is 30.4 Å². The molecule has 0 radical (unpaired) electrons. The molecule has 0 aliphatic rings. The molecular weight excluding hydrogens is 236 g/mol. The van der Waals surface area contributed by atoms with Crippen molar-refractivity contribution < 1.29 is 0 Å². The van der Waals surface area contributed by atoms with Crippen molar-refractivity contribution in [2.45, 2.75) is 33.1 Å². The predicted octanol–water partition coefficient (Wildman–Crippen LogP) is 3.19. The number of anilines is 2. The fourth-order valence-corrected chi connectivity index (χ4v) is 1.68. The van der Waals surface area contributed by atoms with E-state index in [0.717, 1.165) is 38.2 Å². The first kappa shape index (κ1) is 14.0. The molecule has 0 atom stereocenters. The van der Waals surface area contributed by atoms with Crippen LogP contribution in [0, 0.1) is 0 Å². The zero-order valence-electron chi connectivity index (χ0n) is 10.8. The van der Waals surface area contributed by atoms with E-state index >= 15 is 0 Å². The zero-order valence-corrected chi connectivity index (χ0v) is 11.6. The van der Waals surface area contributed by atoms with Crippen LogP contribution in [0.2, 0.25) is 5.02 Å². The van der Waals surface area contributed by atoms with Crippen molar-refractivity contribution in [2.24, 2.45) is 0 Å². The van der Waals surface area contributed by atoms with E-state index in [0.29, 0.717) is 11.0 Å². The van der Waals surface area contributed by atoms with Gasteiger partial charge in [-0.2, -0.15) is 4.98 Å². The highest BCUT2D eigenvalue weighted by Gasteiger charge is 2.09. The first-order chi connectivity index (χ1) is 8.19. The second-order valence-corrected chi connectivity index (χ2v) is 4.47. The van der Waals surface area contributed by atoms with Gasteiger partial charge in [0.25, 0.3) is 0 Å². The van der Waals surface area contributed by atoms with Crippen LogP contribution in [0.4, 0.5) is 11.8 Å². The first-order valence-electron chi connectivity index (χ1n) is 6.16. The van der Waals surface area contributed by atoms with Gasteiger partial charge in [0.1, 0.15) is 5.02 Å². The number of nitrogens with zero attached hydrogens (tertiary/aromatic N) is 3. The molecule has 0 saturated carbocycles. The molecule has 4 nitrogen and oxygen atoms in total. The lowest BCUT2D eigenvalue weighted by molar-refractivity contribution is 0.758. The molecule has 0 fully saturated rings. The molecule has 0 bridgehead atoms. The summed E-state index contributed by atoms with van der Waals surface area (Å²) in [7, 11) is 2.01. The molecule has 0 unspecified atom stereocenters. The summed E-state index contributed by atoms with van der Waals surface area (Å²) in [6.07, 6.45) is 5.00. The molecule has 1 heterocycles. The quantitative estimate of drug-likeness (QED) is 0.814. The summed E-state index contributed by atoms with van der Waals surface area (Å²) in [5.74, 6) is 1.45. The van der Waals surface area contributed by atoms with Crippen LogP contribution in [0.25, 0.3) is 0 Å². The molecular formula is C12H21ClN4. The Morgan fingerprint density at radius 3 is 2.76 bits per heavy atom. The maximum absolute atomic E-state index is 6.11. The smallest absolute Gasteiger partial charge is 0.224 e. The van der Waals surface area contributed by atoms with Crippen LogP contribution in [0.3, 0.4) is 0 Å². The van der Waals surface area contributed by atoms with Crippen LogP contribution in [0.15, 0.2) is 6.20 Å². The second-order valence-electron chi connectivity index (χ2n) is 4.07. The van der Waals surface area contributed by atoms with Crippen LogP contribution in [-0.2, 0) is 0 Å². The van der Waals surface area contributed by atoms with Crippen LogP contribution < -0.4 is 10.2 Å². The van der Waals surface area contributed by atoms with Gasteiger partial charge in [-0.25, -0.2) is 4.98 Å². The number of rotatable bonds is 7. The lowest BCUT2D eigenvalue weighted by atomic mass is 10.3. The van der Waals surface area contributed by atoms with Gasteiger partial charge in [0.05, 0.1) is 6.20 Å². The summed E-state index contributed by atoms with van der Waals surface area (Å²) in [4.78, 5) is 10.7. The maximum atomic E-state index is 6.11. The highest BCUT2D eigenvalue weighted by molar-refractivity contribution is 6.32. The molecule has 1 aromatic heterocycles. The van der Waals surface area contributed by atoms with Crippen molar-refractivity contribution in [3.63, 3.8) is 0 Å². The zero-order chi connectivity index (χ0) is 12.7. The van der Waals surface area contributed by atoms with Gasteiger partial charge in [0, 0.05) is 20.1 Å². The number of hydrogen-bond donors (Lipinski definition) is 1. The van der Waals surface area contributed by atoms with E-state index in [1.165, 1.54) is 0 Å². The topological polar surface area (TPSA) is 41.1 Å². The maximum Gasteiger partial charge on any atom is 0.224 e. The van der Waals surface area contributed by atoms with Crippen LogP contribution in [0.1, 0.15) is 33.1 Å². The van der Waals surface area contributed by atoms with Gasteiger partial charge >= 0.3 is 0 Å². The van der Waals surface area contributed by atoms with Gasteiger partial charge in [-0.05, 0) is 12.8 Å². The number of hydrogen-bond acceptors (Lipinski definition) is 4. The molecule has 96 valence electrons. The molecule has 1 rings (SSSR count). The molecule has 0 aromatic carbocycles. The molecule has 0 amide bonds. The third-order valence-corrected chi connectivity index (χ3v) is 2.73.